The van der Waals surface area contributed by atoms with E-state index < -0.39 is 10.0 Å². The maximum Gasteiger partial charge on any atom is 0.243 e. The van der Waals surface area contributed by atoms with Crippen LogP contribution in [0.25, 0.3) is 0 Å². The summed E-state index contributed by atoms with van der Waals surface area (Å²) in [6, 6.07) is 16.9. The van der Waals surface area contributed by atoms with Crippen LogP contribution in [0.1, 0.15) is 24.1 Å². The van der Waals surface area contributed by atoms with Crippen molar-refractivity contribution < 1.29 is 13.2 Å². The molecule has 1 aliphatic heterocycles. The molecule has 7 heteroatoms. The predicted molar refractivity (Wildman–Crippen MR) is 114 cm³/mol. The van der Waals surface area contributed by atoms with E-state index in [4.69, 9.17) is 0 Å². The Morgan fingerprint density at radius 3 is 2.17 bits per heavy atom. The first kappa shape index (κ1) is 21.5. The van der Waals surface area contributed by atoms with Gasteiger partial charge >= 0.3 is 0 Å². The molecule has 0 aliphatic carbocycles. The standard InChI is InChI=1S/C22H29N3O3S/c1-18-9-11-21(12-10-18)29(27,28)25-15-13-24(14-16-25)17-22(26)23(3)19(2)20-7-5-4-6-8-20/h4-12,19H,13-17H2,1-3H3. The van der Waals surface area contributed by atoms with Gasteiger partial charge in [-0.3, -0.25) is 9.69 Å². The van der Waals surface area contributed by atoms with Crippen molar-refractivity contribution in [3.8, 4) is 0 Å². The molecule has 0 radical (unpaired) electrons. The molecule has 1 aliphatic rings. The van der Waals surface area contributed by atoms with E-state index in [1.807, 2.05) is 68.3 Å². The molecule has 0 N–H and O–H groups in total. The van der Waals surface area contributed by atoms with Crippen molar-refractivity contribution in [3.63, 3.8) is 0 Å². The van der Waals surface area contributed by atoms with Gasteiger partial charge in [0.25, 0.3) is 0 Å². The first-order valence-corrected chi connectivity index (χ1v) is 11.3. The minimum atomic E-state index is -3.49. The fourth-order valence-corrected chi connectivity index (χ4v) is 4.88. The lowest BCUT2D eigenvalue weighted by Gasteiger charge is -2.35. The average Bonchev–Trinajstić information content (AvgIpc) is 2.74. The highest BCUT2D eigenvalue weighted by atomic mass is 32.2. The molecule has 29 heavy (non-hydrogen) atoms. The van der Waals surface area contributed by atoms with Gasteiger partial charge < -0.3 is 4.90 Å². The van der Waals surface area contributed by atoms with Crippen LogP contribution in [0.15, 0.2) is 59.5 Å². The second-order valence-corrected chi connectivity index (χ2v) is 9.52. The number of carbonyl (C=O) groups is 1. The van der Waals surface area contributed by atoms with Gasteiger partial charge in [-0.1, -0.05) is 48.0 Å². The molecule has 0 saturated carbocycles. The van der Waals surface area contributed by atoms with Gasteiger partial charge in [0.2, 0.25) is 15.9 Å². The molecule has 1 fully saturated rings. The lowest BCUT2D eigenvalue weighted by molar-refractivity contribution is -0.133. The molecule has 0 bridgehead atoms. The molecule has 2 aromatic rings. The first-order valence-electron chi connectivity index (χ1n) is 9.89. The summed E-state index contributed by atoms with van der Waals surface area (Å²) in [6.45, 7) is 6.12. The van der Waals surface area contributed by atoms with Crippen LogP contribution < -0.4 is 0 Å². The normalized spacial score (nSPS) is 17.1. The number of hydrogen-bond donors (Lipinski definition) is 0. The molecule has 6 nitrogen and oxygen atoms in total. The van der Waals surface area contributed by atoms with Gasteiger partial charge in [0.05, 0.1) is 17.5 Å². The largest absolute Gasteiger partial charge is 0.338 e. The molecular weight excluding hydrogens is 386 g/mol. The Morgan fingerprint density at radius 1 is 1.00 bits per heavy atom. The topological polar surface area (TPSA) is 60.9 Å². The fraction of sp³-hybridized carbons (Fsp3) is 0.409. The number of aryl methyl sites for hydroxylation is 1. The van der Waals surface area contributed by atoms with E-state index in [2.05, 4.69) is 0 Å². The Bertz CT molecular complexity index is 922. The first-order chi connectivity index (χ1) is 13.8. The highest BCUT2D eigenvalue weighted by Crippen LogP contribution is 2.20. The summed E-state index contributed by atoms with van der Waals surface area (Å²) >= 11 is 0. The number of rotatable bonds is 6. The number of benzene rings is 2. The monoisotopic (exact) mass is 415 g/mol. The summed E-state index contributed by atoms with van der Waals surface area (Å²) in [5.41, 5.74) is 2.12. The van der Waals surface area contributed by atoms with Gasteiger partial charge in [-0.15, -0.1) is 0 Å². The van der Waals surface area contributed by atoms with Crippen LogP contribution in [0.2, 0.25) is 0 Å². The molecule has 0 aromatic heterocycles. The second-order valence-electron chi connectivity index (χ2n) is 7.58. The van der Waals surface area contributed by atoms with Crippen LogP contribution in [0.4, 0.5) is 0 Å². The van der Waals surface area contributed by atoms with Crippen LogP contribution in [0, 0.1) is 6.92 Å². The summed E-state index contributed by atoms with van der Waals surface area (Å²) < 4.78 is 27.1. The van der Waals surface area contributed by atoms with E-state index in [9.17, 15) is 13.2 Å². The number of amides is 1. The third-order valence-corrected chi connectivity index (χ3v) is 7.52. The van der Waals surface area contributed by atoms with Crippen molar-refractivity contribution in [1.29, 1.82) is 0 Å². The molecule has 1 amide bonds. The van der Waals surface area contributed by atoms with Crippen molar-refractivity contribution in [2.75, 3.05) is 39.8 Å². The summed E-state index contributed by atoms with van der Waals surface area (Å²) in [6.07, 6.45) is 0. The molecule has 3 rings (SSSR count). The highest BCUT2D eigenvalue weighted by molar-refractivity contribution is 7.89. The van der Waals surface area contributed by atoms with Crippen LogP contribution in [-0.4, -0.2) is 68.2 Å². The van der Waals surface area contributed by atoms with E-state index in [0.717, 1.165) is 11.1 Å². The molecule has 1 heterocycles. The van der Waals surface area contributed by atoms with Crippen LogP contribution >= 0.6 is 0 Å². The third kappa shape index (κ3) is 5.04. The molecule has 2 aromatic carbocycles. The molecule has 1 saturated heterocycles. The van der Waals surface area contributed by atoms with E-state index >= 15 is 0 Å². The summed E-state index contributed by atoms with van der Waals surface area (Å²) in [5.74, 6) is 0.0381. The fourth-order valence-electron chi connectivity index (χ4n) is 3.46. The van der Waals surface area contributed by atoms with Crippen molar-refractivity contribution >= 4 is 15.9 Å². The van der Waals surface area contributed by atoms with Gasteiger partial charge in [-0.05, 0) is 31.5 Å². The number of sulfonamides is 1. The highest BCUT2D eigenvalue weighted by Gasteiger charge is 2.29. The quantitative estimate of drug-likeness (QED) is 0.727. The molecule has 0 spiro atoms. The summed E-state index contributed by atoms with van der Waals surface area (Å²) in [7, 11) is -1.67. The number of nitrogens with zero attached hydrogens (tertiary/aromatic N) is 3. The second kappa shape index (κ2) is 9.07. The Labute approximate surface area is 173 Å². The zero-order valence-corrected chi connectivity index (χ0v) is 18.1. The maximum atomic E-state index is 12.8. The lowest BCUT2D eigenvalue weighted by Crippen LogP contribution is -2.51. The maximum absolute atomic E-state index is 12.8. The van der Waals surface area contributed by atoms with Gasteiger partial charge in [-0.2, -0.15) is 4.31 Å². The predicted octanol–water partition coefficient (Wildman–Crippen LogP) is 2.52. The average molecular weight is 416 g/mol. The minimum Gasteiger partial charge on any atom is -0.338 e. The van der Waals surface area contributed by atoms with Crippen molar-refractivity contribution in [3.05, 3.63) is 65.7 Å². The van der Waals surface area contributed by atoms with Crippen LogP contribution in [-0.2, 0) is 14.8 Å². The Morgan fingerprint density at radius 2 is 1.59 bits per heavy atom. The van der Waals surface area contributed by atoms with Crippen molar-refractivity contribution in [1.82, 2.24) is 14.1 Å². The SMILES string of the molecule is Cc1ccc(S(=O)(=O)N2CCN(CC(=O)N(C)C(C)c3ccccc3)CC2)cc1. The van der Waals surface area contributed by atoms with Crippen LogP contribution in [0.5, 0.6) is 0 Å². The molecule has 1 atom stereocenters. The minimum absolute atomic E-state index is 0.00750. The number of hydrogen-bond acceptors (Lipinski definition) is 4. The van der Waals surface area contributed by atoms with Gasteiger partial charge in [0.15, 0.2) is 0 Å². The van der Waals surface area contributed by atoms with E-state index in [0.29, 0.717) is 37.6 Å². The van der Waals surface area contributed by atoms with E-state index in [1.54, 1.807) is 17.0 Å². The Kier molecular flexibility index (Phi) is 6.72. The zero-order chi connectivity index (χ0) is 21.0. The smallest absolute Gasteiger partial charge is 0.243 e. The number of piperazine rings is 1. The summed E-state index contributed by atoms with van der Waals surface area (Å²) in [5, 5.41) is 0. The Hall–Kier alpha value is -2.22. The third-order valence-electron chi connectivity index (χ3n) is 5.61. The van der Waals surface area contributed by atoms with Gasteiger partial charge in [0, 0.05) is 33.2 Å². The van der Waals surface area contributed by atoms with E-state index in [1.165, 1.54) is 4.31 Å². The molecule has 156 valence electrons. The van der Waals surface area contributed by atoms with Gasteiger partial charge in [-0.25, -0.2) is 8.42 Å². The number of likely N-dealkylation sites (N-methyl/N-ethyl adjacent to an activating group) is 1. The Balaban J connectivity index is 1.55. The number of carbonyl (C=O) groups excluding carboxylic acids is 1. The lowest BCUT2D eigenvalue weighted by atomic mass is 10.1. The van der Waals surface area contributed by atoms with Crippen LogP contribution in [0.3, 0.4) is 0 Å². The van der Waals surface area contributed by atoms with Crippen molar-refractivity contribution in [2.45, 2.75) is 24.8 Å². The molecule has 1 unspecified atom stereocenters. The zero-order valence-electron chi connectivity index (χ0n) is 17.3. The van der Waals surface area contributed by atoms with Gasteiger partial charge in [0.1, 0.15) is 0 Å². The van der Waals surface area contributed by atoms with Crippen molar-refractivity contribution in [2.24, 2.45) is 0 Å². The molecular formula is C22H29N3O3S. The van der Waals surface area contributed by atoms with E-state index in [-0.39, 0.29) is 11.9 Å². The summed E-state index contributed by atoms with van der Waals surface area (Å²) in [4.78, 5) is 16.8.